The van der Waals surface area contributed by atoms with Crippen LogP contribution in [0.1, 0.15) is 26.2 Å². The number of likely N-dealkylation sites (tertiary alicyclic amines) is 1. The van der Waals surface area contributed by atoms with Crippen LogP contribution < -0.4 is 5.32 Å². The third kappa shape index (κ3) is 4.18. The zero-order valence-electron chi connectivity index (χ0n) is 12.5. The number of aromatic nitrogens is 1. The van der Waals surface area contributed by atoms with E-state index in [0.29, 0.717) is 30.4 Å². The first kappa shape index (κ1) is 16.7. The minimum absolute atomic E-state index is 0.125. The minimum atomic E-state index is -0.831. The lowest BCUT2D eigenvalue weighted by Gasteiger charge is -2.35. The van der Waals surface area contributed by atoms with Gasteiger partial charge in [-0.05, 0) is 37.9 Å². The molecule has 1 fully saturated rings. The maximum Gasteiger partial charge on any atom is 0.320 e. The van der Waals surface area contributed by atoms with E-state index in [9.17, 15) is 14.7 Å². The van der Waals surface area contributed by atoms with Crippen molar-refractivity contribution in [3.8, 4) is 0 Å². The predicted molar refractivity (Wildman–Crippen MR) is 83.9 cm³/mol. The summed E-state index contributed by atoms with van der Waals surface area (Å²) in [5, 5.41) is 12.5. The third-order valence-electron chi connectivity index (χ3n) is 3.91. The van der Waals surface area contributed by atoms with Crippen LogP contribution in [0.3, 0.4) is 0 Å². The van der Waals surface area contributed by atoms with E-state index < -0.39 is 12.0 Å². The van der Waals surface area contributed by atoms with Gasteiger partial charge in [0.15, 0.2) is 0 Å². The number of aliphatic carboxylic acids is 1. The molecule has 2 atom stereocenters. The summed E-state index contributed by atoms with van der Waals surface area (Å²) in [6.07, 6.45) is 3.58. The summed E-state index contributed by atoms with van der Waals surface area (Å²) in [6, 6.07) is 2.78. The Bertz CT molecular complexity index is 535. The van der Waals surface area contributed by atoms with Gasteiger partial charge in [0.05, 0.1) is 10.9 Å². The topological polar surface area (TPSA) is 82.5 Å². The fourth-order valence-corrected chi connectivity index (χ4v) is 2.88. The second kappa shape index (κ2) is 7.56. The number of hydrogen-bond acceptors (Lipinski definition) is 4. The first-order chi connectivity index (χ1) is 10.5. The molecule has 2 rings (SSSR count). The molecule has 0 aromatic carbocycles. The minimum Gasteiger partial charge on any atom is -0.480 e. The van der Waals surface area contributed by atoms with E-state index in [1.165, 1.54) is 6.20 Å². The number of halogens is 1. The largest absolute Gasteiger partial charge is 0.480 e. The summed E-state index contributed by atoms with van der Waals surface area (Å²) < 4.78 is 0. The number of pyridine rings is 1. The molecule has 1 aliphatic rings. The van der Waals surface area contributed by atoms with Crippen molar-refractivity contribution in [2.75, 3.05) is 18.4 Å². The molecule has 0 saturated carbocycles. The number of anilines is 1. The Morgan fingerprint density at radius 2 is 2.32 bits per heavy atom. The summed E-state index contributed by atoms with van der Waals surface area (Å²) >= 11 is 5.76. The fraction of sp³-hybridized carbons (Fsp3) is 0.533. The van der Waals surface area contributed by atoms with E-state index in [4.69, 9.17) is 11.6 Å². The number of carboxylic acid groups (broad SMARTS) is 1. The van der Waals surface area contributed by atoms with Crippen molar-refractivity contribution < 1.29 is 14.7 Å². The molecule has 7 heteroatoms. The number of amides is 1. The molecule has 0 unspecified atom stereocenters. The Hall–Kier alpha value is -1.66. The average molecular weight is 326 g/mol. The molecule has 2 heterocycles. The predicted octanol–water partition coefficient (Wildman–Crippen LogP) is 2.25. The van der Waals surface area contributed by atoms with Gasteiger partial charge in [0.25, 0.3) is 0 Å². The number of carbonyl (C=O) groups excluding carboxylic acids is 1. The molecule has 0 bridgehead atoms. The van der Waals surface area contributed by atoms with Gasteiger partial charge >= 0.3 is 5.97 Å². The summed E-state index contributed by atoms with van der Waals surface area (Å²) in [5.41, 5.74) is 0. The quantitative estimate of drug-likeness (QED) is 0.867. The Labute approximate surface area is 134 Å². The highest BCUT2D eigenvalue weighted by Gasteiger charge is 2.32. The molecule has 6 nitrogen and oxygen atoms in total. The van der Waals surface area contributed by atoms with Crippen LogP contribution >= 0.6 is 11.6 Å². The molecule has 120 valence electrons. The second-order valence-corrected chi connectivity index (χ2v) is 5.88. The van der Waals surface area contributed by atoms with Crippen molar-refractivity contribution in [2.45, 2.75) is 32.2 Å². The summed E-state index contributed by atoms with van der Waals surface area (Å²) in [7, 11) is 0. The molecule has 0 aliphatic carbocycles. The number of nitrogens with one attached hydrogen (secondary N) is 1. The highest BCUT2D eigenvalue weighted by molar-refractivity contribution is 6.30. The van der Waals surface area contributed by atoms with Crippen molar-refractivity contribution >= 4 is 29.3 Å². The number of rotatable bonds is 5. The van der Waals surface area contributed by atoms with Crippen LogP contribution in [-0.4, -0.2) is 46.0 Å². The van der Waals surface area contributed by atoms with Crippen molar-refractivity contribution in [3.63, 3.8) is 0 Å². The first-order valence-electron chi connectivity index (χ1n) is 7.40. The maximum absolute atomic E-state index is 12.3. The van der Waals surface area contributed by atoms with Gasteiger partial charge in [-0.3, -0.25) is 14.5 Å². The molecular weight excluding hydrogens is 306 g/mol. The number of hydrogen-bond donors (Lipinski definition) is 2. The molecule has 1 amide bonds. The molecule has 0 spiro atoms. The van der Waals surface area contributed by atoms with Gasteiger partial charge in [0, 0.05) is 12.7 Å². The lowest BCUT2D eigenvalue weighted by molar-refractivity contribution is -0.145. The smallest absolute Gasteiger partial charge is 0.320 e. The van der Waals surface area contributed by atoms with Crippen LogP contribution in [-0.2, 0) is 9.59 Å². The number of nitrogens with zero attached hydrogens (tertiary/aromatic N) is 2. The fourth-order valence-electron chi connectivity index (χ4n) is 2.77. The lowest BCUT2D eigenvalue weighted by atomic mass is 9.95. The van der Waals surface area contributed by atoms with E-state index in [-0.39, 0.29) is 11.8 Å². The Balaban J connectivity index is 1.97. The van der Waals surface area contributed by atoms with Crippen LogP contribution in [0.15, 0.2) is 18.3 Å². The van der Waals surface area contributed by atoms with E-state index in [0.717, 1.165) is 12.8 Å². The second-order valence-electron chi connectivity index (χ2n) is 5.45. The highest BCUT2D eigenvalue weighted by atomic mass is 35.5. The zero-order valence-corrected chi connectivity index (χ0v) is 13.2. The standard InChI is InChI=1S/C15H20ClN3O3/c1-2-12(15(21)22)19-7-3-4-10(9-19)14(20)18-13-6-5-11(16)8-17-13/h5-6,8,10,12H,2-4,7,9H2,1H3,(H,21,22)(H,17,18,20)/t10-,12+/m0/s1. The summed E-state index contributed by atoms with van der Waals surface area (Å²) in [6.45, 7) is 3.03. The number of piperidine rings is 1. The molecule has 1 aromatic heterocycles. The van der Waals surface area contributed by atoms with Crippen LogP contribution in [0.2, 0.25) is 5.02 Å². The van der Waals surface area contributed by atoms with E-state index in [2.05, 4.69) is 10.3 Å². The monoisotopic (exact) mass is 325 g/mol. The lowest BCUT2D eigenvalue weighted by Crippen LogP contribution is -2.48. The highest BCUT2D eigenvalue weighted by Crippen LogP contribution is 2.21. The van der Waals surface area contributed by atoms with Gasteiger partial charge in [-0.25, -0.2) is 4.98 Å². The van der Waals surface area contributed by atoms with Crippen LogP contribution in [0, 0.1) is 5.92 Å². The van der Waals surface area contributed by atoms with Crippen molar-refractivity contribution in [2.24, 2.45) is 5.92 Å². The van der Waals surface area contributed by atoms with Gasteiger partial charge in [0.1, 0.15) is 11.9 Å². The van der Waals surface area contributed by atoms with Gasteiger partial charge in [-0.1, -0.05) is 18.5 Å². The molecule has 1 aromatic rings. The Morgan fingerprint density at radius 3 is 2.91 bits per heavy atom. The molecule has 1 saturated heterocycles. The Morgan fingerprint density at radius 1 is 1.55 bits per heavy atom. The summed E-state index contributed by atoms with van der Waals surface area (Å²) in [5.74, 6) is -0.723. The van der Waals surface area contributed by atoms with Crippen LogP contribution in [0.4, 0.5) is 5.82 Å². The van der Waals surface area contributed by atoms with E-state index >= 15 is 0 Å². The third-order valence-corrected chi connectivity index (χ3v) is 4.14. The average Bonchev–Trinajstić information content (AvgIpc) is 2.50. The van der Waals surface area contributed by atoms with Crippen molar-refractivity contribution in [3.05, 3.63) is 23.4 Å². The number of carbonyl (C=O) groups is 2. The first-order valence-corrected chi connectivity index (χ1v) is 7.78. The molecular formula is C15H20ClN3O3. The maximum atomic E-state index is 12.3. The zero-order chi connectivity index (χ0) is 16.1. The van der Waals surface area contributed by atoms with Crippen molar-refractivity contribution in [1.29, 1.82) is 0 Å². The van der Waals surface area contributed by atoms with Gasteiger partial charge in [0.2, 0.25) is 5.91 Å². The van der Waals surface area contributed by atoms with Gasteiger partial charge < -0.3 is 10.4 Å². The molecule has 0 radical (unpaired) electrons. The number of carboxylic acids is 1. The van der Waals surface area contributed by atoms with Crippen LogP contribution in [0.5, 0.6) is 0 Å². The van der Waals surface area contributed by atoms with E-state index in [1.807, 2.05) is 11.8 Å². The van der Waals surface area contributed by atoms with Crippen LogP contribution in [0.25, 0.3) is 0 Å². The van der Waals surface area contributed by atoms with Gasteiger partial charge in [-0.15, -0.1) is 0 Å². The molecule has 1 aliphatic heterocycles. The van der Waals surface area contributed by atoms with Gasteiger partial charge in [-0.2, -0.15) is 0 Å². The van der Waals surface area contributed by atoms with Crippen molar-refractivity contribution in [1.82, 2.24) is 9.88 Å². The summed E-state index contributed by atoms with van der Waals surface area (Å²) in [4.78, 5) is 29.5. The molecule has 2 N–H and O–H groups in total. The SMILES string of the molecule is CC[C@H](C(=O)O)N1CCC[C@H](C(=O)Nc2ccc(Cl)cn2)C1. The normalized spacial score (nSPS) is 20.4. The molecule has 22 heavy (non-hydrogen) atoms. The Kier molecular flexibility index (Phi) is 5.74. The van der Waals surface area contributed by atoms with E-state index in [1.54, 1.807) is 12.1 Å².